The second-order valence-electron chi connectivity index (χ2n) is 7.76. The average molecular weight is 413 g/mol. The number of furan rings is 1. The van der Waals surface area contributed by atoms with Crippen LogP contribution in [0.15, 0.2) is 83.1 Å². The van der Waals surface area contributed by atoms with Gasteiger partial charge < -0.3 is 14.6 Å². The molecule has 0 radical (unpaired) electrons. The first-order chi connectivity index (χ1) is 15.2. The Bertz CT molecular complexity index is 1110. The lowest BCUT2D eigenvalue weighted by atomic mass is 10.0. The van der Waals surface area contributed by atoms with Gasteiger partial charge in [-0.1, -0.05) is 30.3 Å². The summed E-state index contributed by atoms with van der Waals surface area (Å²) in [5, 5.41) is 3.22. The van der Waals surface area contributed by atoms with E-state index in [1.807, 2.05) is 42.5 Å². The molecule has 2 aliphatic rings. The lowest BCUT2D eigenvalue weighted by Gasteiger charge is -2.18. The predicted octanol–water partition coefficient (Wildman–Crippen LogP) is 4.27. The maximum Gasteiger partial charge on any atom is 0.278 e. The van der Waals surface area contributed by atoms with Crippen LogP contribution in [-0.2, 0) is 16.1 Å². The molecule has 0 atom stereocenters. The fourth-order valence-corrected chi connectivity index (χ4v) is 4.14. The average Bonchev–Trinajstić information content (AvgIpc) is 3.55. The smallest absolute Gasteiger partial charge is 0.278 e. The highest BCUT2D eigenvalue weighted by Crippen LogP contribution is 2.32. The number of amides is 2. The van der Waals surface area contributed by atoms with Crippen molar-refractivity contribution in [2.75, 3.05) is 23.3 Å². The van der Waals surface area contributed by atoms with Crippen LogP contribution >= 0.6 is 0 Å². The molecule has 1 saturated heterocycles. The van der Waals surface area contributed by atoms with Gasteiger partial charge in [-0.05, 0) is 54.8 Å². The Kier molecular flexibility index (Phi) is 5.04. The van der Waals surface area contributed by atoms with Crippen molar-refractivity contribution in [1.82, 2.24) is 4.90 Å². The number of carbonyl (C=O) groups is 2. The Morgan fingerprint density at radius 3 is 2.26 bits per heavy atom. The monoisotopic (exact) mass is 413 g/mol. The van der Waals surface area contributed by atoms with E-state index >= 15 is 0 Å². The van der Waals surface area contributed by atoms with Crippen molar-refractivity contribution in [1.29, 1.82) is 0 Å². The third-order valence-corrected chi connectivity index (χ3v) is 5.73. The molecule has 6 heteroatoms. The number of imide groups is 1. The topological polar surface area (TPSA) is 65.8 Å². The van der Waals surface area contributed by atoms with Crippen molar-refractivity contribution in [3.8, 4) is 0 Å². The van der Waals surface area contributed by atoms with Gasteiger partial charge in [0.05, 0.1) is 18.4 Å². The van der Waals surface area contributed by atoms with Crippen LogP contribution in [0.2, 0.25) is 0 Å². The molecule has 1 aromatic heterocycles. The number of rotatable bonds is 6. The van der Waals surface area contributed by atoms with Crippen LogP contribution in [0.4, 0.5) is 11.4 Å². The number of hydrogen-bond acceptors (Lipinski definition) is 5. The van der Waals surface area contributed by atoms with E-state index in [0.29, 0.717) is 16.9 Å². The molecule has 31 heavy (non-hydrogen) atoms. The predicted molar refractivity (Wildman–Crippen MR) is 119 cm³/mol. The van der Waals surface area contributed by atoms with Crippen LogP contribution in [-0.4, -0.2) is 29.8 Å². The Morgan fingerprint density at radius 1 is 0.839 bits per heavy atom. The van der Waals surface area contributed by atoms with Crippen molar-refractivity contribution >= 4 is 28.8 Å². The summed E-state index contributed by atoms with van der Waals surface area (Å²) in [6.07, 6.45) is 3.97. The number of hydrogen-bond donors (Lipinski definition) is 1. The van der Waals surface area contributed by atoms with E-state index in [4.69, 9.17) is 4.42 Å². The molecule has 2 aromatic carbocycles. The normalized spacial score (nSPS) is 16.5. The van der Waals surface area contributed by atoms with Gasteiger partial charge in [0.25, 0.3) is 11.8 Å². The van der Waals surface area contributed by atoms with E-state index in [1.165, 1.54) is 29.7 Å². The molecule has 0 bridgehead atoms. The van der Waals surface area contributed by atoms with E-state index in [9.17, 15) is 9.59 Å². The molecule has 6 nitrogen and oxygen atoms in total. The lowest BCUT2D eigenvalue weighted by Crippen LogP contribution is -2.31. The SMILES string of the molecule is O=C1C(Nc2ccc(N3CCCC3)cc2)=C(c2ccccc2)C(=O)N1Cc1ccco1. The van der Waals surface area contributed by atoms with Gasteiger partial charge in [-0.3, -0.25) is 14.5 Å². The van der Waals surface area contributed by atoms with Crippen LogP contribution in [0.5, 0.6) is 0 Å². The summed E-state index contributed by atoms with van der Waals surface area (Å²) in [5.41, 5.74) is 3.32. The van der Waals surface area contributed by atoms with Crippen molar-refractivity contribution in [3.63, 3.8) is 0 Å². The quantitative estimate of drug-likeness (QED) is 0.612. The summed E-state index contributed by atoms with van der Waals surface area (Å²) in [4.78, 5) is 30.1. The first-order valence-electron chi connectivity index (χ1n) is 10.5. The first-order valence-corrected chi connectivity index (χ1v) is 10.5. The van der Waals surface area contributed by atoms with Crippen LogP contribution < -0.4 is 10.2 Å². The fourth-order valence-electron chi connectivity index (χ4n) is 4.14. The molecule has 2 amide bonds. The number of nitrogens with zero attached hydrogens (tertiary/aromatic N) is 2. The van der Waals surface area contributed by atoms with Crippen molar-refractivity contribution in [3.05, 3.63) is 90.0 Å². The highest BCUT2D eigenvalue weighted by atomic mass is 16.3. The summed E-state index contributed by atoms with van der Waals surface area (Å²) in [7, 11) is 0. The molecule has 1 N–H and O–H groups in total. The molecule has 3 aromatic rings. The third-order valence-electron chi connectivity index (χ3n) is 5.73. The number of anilines is 2. The molecule has 0 saturated carbocycles. The molecular formula is C25H23N3O3. The standard InChI is InChI=1S/C25H23N3O3/c29-24-22(18-7-2-1-3-8-18)23(25(30)28(24)17-21-9-6-16-31-21)26-19-10-12-20(13-11-19)27-14-4-5-15-27/h1-3,6-13,16,26H,4-5,14-15,17H2. The summed E-state index contributed by atoms with van der Waals surface area (Å²) in [6.45, 7) is 2.25. The van der Waals surface area contributed by atoms with Crippen LogP contribution in [0, 0.1) is 0 Å². The number of carbonyl (C=O) groups excluding carboxylic acids is 2. The minimum absolute atomic E-state index is 0.0973. The maximum atomic E-state index is 13.2. The van der Waals surface area contributed by atoms with Gasteiger partial charge in [-0.2, -0.15) is 0 Å². The second-order valence-corrected chi connectivity index (χ2v) is 7.76. The number of nitrogens with one attached hydrogen (secondary N) is 1. The summed E-state index contributed by atoms with van der Waals surface area (Å²) >= 11 is 0. The summed E-state index contributed by atoms with van der Waals surface area (Å²) < 4.78 is 5.36. The van der Waals surface area contributed by atoms with Gasteiger partial charge in [0.1, 0.15) is 11.5 Å². The summed E-state index contributed by atoms with van der Waals surface area (Å²) in [6, 6.07) is 20.8. The van der Waals surface area contributed by atoms with Crippen molar-refractivity contribution in [2.24, 2.45) is 0 Å². The maximum absolute atomic E-state index is 13.2. The minimum atomic E-state index is -0.358. The van der Waals surface area contributed by atoms with Gasteiger partial charge >= 0.3 is 0 Å². The third kappa shape index (κ3) is 3.72. The molecule has 1 fully saturated rings. The largest absolute Gasteiger partial charge is 0.467 e. The zero-order valence-electron chi connectivity index (χ0n) is 17.1. The Labute approximate surface area is 180 Å². The Balaban J connectivity index is 1.46. The Morgan fingerprint density at radius 2 is 1.58 bits per heavy atom. The number of benzene rings is 2. The van der Waals surface area contributed by atoms with E-state index in [0.717, 1.165) is 18.8 Å². The van der Waals surface area contributed by atoms with Gasteiger partial charge in [0.15, 0.2) is 0 Å². The Hall–Kier alpha value is -3.80. The zero-order valence-corrected chi connectivity index (χ0v) is 17.1. The van der Waals surface area contributed by atoms with Gasteiger partial charge in [-0.25, -0.2) is 0 Å². The van der Waals surface area contributed by atoms with Gasteiger partial charge in [-0.15, -0.1) is 0 Å². The molecule has 5 rings (SSSR count). The molecular weight excluding hydrogens is 390 g/mol. The molecule has 3 heterocycles. The highest BCUT2D eigenvalue weighted by Gasteiger charge is 2.39. The van der Waals surface area contributed by atoms with Crippen LogP contribution in [0.1, 0.15) is 24.2 Å². The van der Waals surface area contributed by atoms with E-state index < -0.39 is 0 Å². The van der Waals surface area contributed by atoms with Crippen LogP contribution in [0.25, 0.3) is 5.57 Å². The zero-order chi connectivity index (χ0) is 21.2. The first kappa shape index (κ1) is 19.2. The highest BCUT2D eigenvalue weighted by molar-refractivity contribution is 6.36. The molecule has 0 aliphatic carbocycles. The molecule has 0 unspecified atom stereocenters. The van der Waals surface area contributed by atoms with Crippen molar-refractivity contribution < 1.29 is 14.0 Å². The summed E-state index contributed by atoms with van der Waals surface area (Å²) in [5.74, 6) is -0.127. The second kappa shape index (κ2) is 8.14. The van der Waals surface area contributed by atoms with Gasteiger partial charge in [0, 0.05) is 24.5 Å². The molecule has 156 valence electrons. The van der Waals surface area contributed by atoms with E-state index in [1.54, 1.807) is 12.1 Å². The minimum Gasteiger partial charge on any atom is -0.467 e. The van der Waals surface area contributed by atoms with Crippen molar-refractivity contribution in [2.45, 2.75) is 19.4 Å². The molecule has 0 spiro atoms. The van der Waals surface area contributed by atoms with E-state index in [2.05, 4.69) is 22.3 Å². The lowest BCUT2D eigenvalue weighted by molar-refractivity contribution is -0.137. The fraction of sp³-hybridized carbons (Fsp3) is 0.200. The van der Waals surface area contributed by atoms with Crippen LogP contribution in [0.3, 0.4) is 0 Å². The van der Waals surface area contributed by atoms with E-state index in [-0.39, 0.29) is 24.1 Å². The molecule has 2 aliphatic heterocycles. The van der Waals surface area contributed by atoms with Gasteiger partial charge in [0.2, 0.25) is 0 Å².